The van der Waals surface area contributed by atoms with Crippen LogP contribution in [0.2, 0.25) is 0 Å². The zero-order valence-corrected chi connectivity index (χ0v) is 12.3. The van der Waals surface area contributed by atoms with E-state index in [1.54, 1.807) is 0 Å². The first kappa shape index (κ1) is 16.1. The van der Waals surface area contributed by atoms with Crippen LogP contribution in [0.4, 0.5) is 8.78 Å². The molecule has 0 aliphatic heterocycles. The van der Waals surface area contributed by atoms with Crippen LogP contribution in [0.1, 0.15) is 37.6 Å². The molecule has 1 aromatic carbocycles. The van der Waals surface area contributed by atoms with Gasteiger partial charge in [-0.3, -0.25) is 9.59 Å². The molecule has 0 fully saturated rings. The molecule has 0 spiro atoms. The Bertz CT molecular complexity index is 524. The highest BCUT2D eigenvalue weighted by atomic mass is 35.5. The van der Waals surface area contributed by atoms with Gasteiger partial charge in [0.15, 0.2) is 5.12 Å². The molecule has 0 unspecified atom stereocenters. The monoisotopic (exact) mass is 306 g/mol. The normalized spacial score (nSPS) is 11.5. The Morgan fingerprint density at radius 2 is 1.79 bits per heavy atom. The molecule has 0 bridgehead atoms. The fraction of sp³-hybridized carbons (Fsp3) is 0.385. The molecule has 0 aromatic heterocycles. The Morgan fingerprint density at radius 1 is 1.21 bits per heavy atom. The van der Waals surface area contributed by atoms with Crippen molar-refractivity contribution in [1.29, 1.82) is 0 Å². The number of hydrogen-bond acceptors (Lipinski definition) is 3. The van der Waals surface area contributed by atoms with Gasteiger partial charge in [0.25, 0.3) is 5.24 Å². The summed E-state index contributed by atoms with van der Waals surface area (Å²) in [5.74, 6) is -1.92. The molecule has 104 valence electrons. The fourth-order valence-electron chi connectivity index (χ4n) is 1.35. The lowest BCUT2D eigenvalue weighted by molar-refractivity contribution is -0.112. The Hall–Kier alpha value is -0.940. The van der Waals surface area contributed by atoms with Crippen LogP contribution in [0, 0.1) is 17.0 Å². The molecular formula is C13H13ClF2O2S. The average molecular weight is 307 g/mol. The molecule has 0 saturated heterocycles. The first-order valence-electron chi connectivity index (χ1n) is 5.50. The number of halogens is 3. The smallest absolute Gasteiger partial charge is 0.255 e. The van der Waals surface area contributed by atoms with Crippen molar-refractivity contribution in [2.45, 2.75) is 32.1 Å². The van der Waals surface area contributed by atoms with Crippen molar-refractivity contribution in [2.75, 3.05) is 0 Å². The van der Waals surface area contributed by atoms with Crippen molar-refractivity contribution in [3.05, 3.63) is 29.3 Å². The quantitative estimate of drug-likeness (QED) is 0.613. The minimum Gasteiger partial charge on any atom is -0.287 e. The summed E-state index contributed by atoms with van der Waals surface area (Å²) in [4.78, 5) is 22.6. The van der Waals surface area contributed by atoms with Gasteiger partial charge in [0.1, 0.15) is 11.6 Å². The highest BCUT2D eigenvalue weighted by Crippen LogP contribution is 2.30. The molecule has 0 saturated carbocycles. The molecular weight excluding hydrogens is 294 g/mol. The molecule has 0 aliphatic rings. The van der Waals surface area contributed by atoms with E-state index in [2.05, 4.69) is 0 Å². The van der Waals surface area contributed by atoms with Crippen LogP contribution in [0.3, 0.4) is 0 Å². The highest BCUT2D eigenvalue weighted by molar-refractivity contribution is 8.13. The van der Waals surface area contributed by atoms with Gasteiger partial charge in [0.05, 0.1) is 10.5 Å². The summed E-state index contributed by atoms with van der Waals surface area (Å²) in [7, 11) is 0. The van der Waals surface area contributed by atoms with Gasteiger partial charge in [-0.1, -0.05) is 20.8 Å². The highest BCUT2D eigenvalue weighted by Gasteiger charge is 2.20. The average Bonchev–Trinajstić information content (AvgIpc) is 2.18. The molecule has 2 nitrogen and oxygen atoms in total. The van der Waals surface area contributed by atoms with Gasteiger partial charge in [-0.2, -0.15) is 0 Å². The first-order chi connectivity index (χ1) is 8.60. The lowest BCUT2D eigenvalue weighted by Gasteiger charge is -2.16. The maximum absolute atomic E-state index is 13.5. The third-order valence-electron chi connectivity index (χ3n) is 2.13. The largest absolute Gasteiger partial charge is 0.287 e. The minimum absolute atomic E-state index is 0.0975. The summed E-state index contributed by atoms with van der Waals surface area (Å²) in [6, 6.07) is 1.52. The number of thioether (sulfide) groups is 1. The minimum atomic E-state index is -1.04. The van der Waals surface area contributed by atoms with Crippen LogP contribution in [-0.4, -0.2) is 10.4 Å². The van der Waals surface area contributed by atoms with E-state index >= 15 is 0 Å². The van der Waals surface area contributed by atoms with E-state index in [9.17, 15) is 18.4 Å². The summed E-state index contributed by atoms with van der Waals surface area (Å²) in [6.07, 6.45) is 0.235. The van der Waals surface area contributed by atoms with Gasteiger partial charge >= 0.3 is 0 Å². The molecule has 0 amide bonds. The summed E-state index contributed by atoms with van der Waals surface area (Å²) >= 11 is 5.83. The van der Waals surface area contributed by atoms with Crippen molar-refractivity contribution >= 4 is 33.7 Å². The molecule has 0 heterocycles. The fourth-order valence-corrected chi connectivity index (χ4v) is 2.58. The van der Waals surface area contributed by atoms with Crippen LogP contribution >= 0.6 is 23.4 Å². The number of carbonyl (C=O) groups is 2. The van der Waals surface area contributed by atoms with Crippen LogP contribution in [0.25, 0.3) is 0 Å². The molecule has 1 rings (SSSR count). The van der Waals surface area contributed by atoms with Gasteiger partial charge in [0, 0.05) is 12.5 Å². The summed E-state index contributed by atoms with van der Waals surface area (Å²) in [5, 5.41) is -1.28. The van der Waals surface area contributed by atoms with E-state index in [4.69, 9.17) is 11.6 Å². The second kappa shape index (κ2) is 6.01. The topological polar surface area (TPSA) is 34.1 Å². The van der Waals surface area contributed by atoms with Gasteiger partial charge in [-0.15, -0.1) is 0 Å². The van der Waals surface area contributed by atoms with Crippen LogP contribution < -0.4 is 0 Å². The number of hydrogen-bond donors (Lipinski definition) is 0. The Kier molecular flexibility index (Phi) is 5.10. The number of rotatable bonds is 3. The third-order valence-corrected chi connectivity index (χ3v) is 3.24. The molecule has 19 heavy (non-hydrogen) atoms. The maximum Gasteiger partial charge on any atom is 0.255 e. The summed E-state index contributed by atoms with van der Waals surface area (Å²) < 4.78 is 26.8. The predicted molar refractivity (Wildman–Crippen MR) is 71.5 cm³/mol. The van der Waals surface area contributed by atoms with E-state index in [0.29, 0.717) is 17.8 Å². The lowest BCUT2D eigenvalue weighted by atomic mass is 9.93. The van der Waals surface area contributed by atoms with Crippen LogP contribution in [0.5, 0.6) is 0 Å². The summed E-state index contributed by atoms with van der Waals surface area (Å²) in [6.45, 7) is 5.63. The SMILES string of the molecule is CC(C)(C)CC(=O)Sc1cc(C(=O)Cl)c(F)cc1F. The van der Waals surface area contributed by atoms with Gasteiger partial charge in [-0.25, -0.2) is 8.78 Å². The van der Waals surface area contributed by atoms with Crippen molar-refractivity contribution < 1.29 is 18.4 Å². The second-order valence-corrected chi connectivity index (χ2v) is 6.69. The van der Waals surface area contributed by atoms with Crippen molar-refractivity contribution in [3.8, 4) is 0 Å². The third kappa shape index (κ3) is 4.91. The molecule has 6 heteroatoms. The van der Waals surface area contributed by atoms with E-state index < -0.39 is 22.4 Å². The van der Waals surface area contributed by atoms with Gasteiger partial charge in [0.2, 0.25) is 0 Å². The Morgan fingerprint density at radius 3 is 2.26 bits per heavy atom. The molecule has 0 aliphatic carbocycles. The van der Waals surface area contributed by atoms with E-state index in [1.165, 1.54) is 0 Å². The number of carbonyl (C=O) groups excluding carboxylic acids is 2. The van der Waals surface area contributed by atoms with Crippen LogP contribution in [0.15, 0.2) is 17.0 Å². The van der Waals surface area contributed by atoms with Crippen molar-refractivity contribution in [1.82, 2.24) is 0 Å². The zero-order chi connectivity index (χ0) is 14.8. The maximum atomic E-state index is 13.5. The van der Waals surface area contributed by atoms with Crippen molar-refractivity contribution in [3.63, 3.8) is 0 Å². The molecule has 0 radical (unpaired) electrons. The zero-order valence-electron chi connectivity index (χ0n) is 10.7. The predicted octanol–water partition coefficient (Wildman–Crippen LogP) is 4.40. The molecule has 1 aromatic rings. The van der Waals surface area contributed by atoms with Crippen LogP contribution in [-0.2, 0) is 4.79 Å². The first-order valence-corrected chi connectivity index (χ1v) is 6.69. The Balaban J connectivity index is 2.99. The van der Waals surface area contributed by atoms with Gasteiger partial charge < -0.3 is 0 Å². The molecule has 0 N–H and O–H groups in total. The van der Waals surface area contributed by atoms with Crippen molar-refractivity contribution in [2.24, 2.45) is 5.41 Å². The van der Waals surface area contributed by atoms with E-state index in [-0.39, 0.29) is 21.8 Å². The second-order valence-electron chi connectivity index (χ2n) is 5.25. The summed E-state index contributed by atoms with van der Waals surface area (Å²) in [5.41, 5.74) is -0.666. The van der Waals surface area contributed by atoms with Gasteiger partial charge in [-0.05, 0) is 34.8 Å². The standard InChI is InChI=1S/C13H13ClF2O2S/c1-13(2,3)6-11(17)19-10-4-7(12(14)18)8(15)5-9(10)16/h4-5H,6H2,1-3H3. The lowest BCUT2D eigenvalue weighted by Crippen LogP contribution is -2.10. The van der Waals surface area contributed by atoms with E-state index in [0.717, 1.165) is 6.07 Å². The number of benzene rings is 1. The van der Waals surface area contributed by atoms with E-state index in [1.807, 2.05) is 20.8 Å². The Labute approximate surface area is 119 Å². The molecule has 0 atom stereocenters.